The second kappa shape index (κ2) is 5.57. The van der Waals surface area contributed by atoms with Gasteiger partial charge in [0.15, 0.2) is 6.29 Å². The van der Waals surface area contributed by atoms with Gasteiger partial charge >= 0.3 is 0 Å². The quantitative estimate of drug-likeness (QED) is 0.795. The summed E-state index contributed by atoms with van der Waals surface area (Å²) in [6, 6.07) is 3.47. The van der Waals surface area contributed by atoms with Crippen molar-refractivity contribution in [3.8, 4) is 11.3 Å². The number of carbonyl (C=O) groups excluding carboxylic acids is 1. The lowest BCUT2D eigenvalue weighted by atomic mass is 10.0. The summed E-state index contributed by atoms with van der Waals surface area (Å²) in [7, 11) is 0. The van der Waals surface area contributed by atoms with Crippen LogP contribution < -0.4 is 0 Å². The molecule has 0 bridgehead atoms. The number of aryl methyl sites for hydroxylation is 2. The fourth-order valence-corrected chi connectivity index (χ4v) is 2.30. The second-order valence-electron chi connectivity index (χ2n) is 5.59. The van der Waals surface area contributed by atoms with E-state index in [0.29, 0.717) is 28.3 Å². The van der Waals surface area contributed by atoms with Crippen LogP contribution in [0.5, 0.6) is 0 Å². The van der Waals surface area contributed by atoms with E-state index in [9.17, 15) is 9.18 Å². The first-order valence-electron chi connectivity index (χ1n) is 6.72. The highest BCUT2D eigenvalue weighted by Crippen LogP contribution is 2.25. The molecule has 106 valence electrons. The van der Waals surface area contributed by atoms with Crippen molar-refractivity contribution in [3.05, 3.63) is 40.8 Å². The predicted molar refractivity (Wildman–Crippen MR) is 77.3 cm³/mol. The largest absolute Gasteiger partial charge is 0.298 e. The number of aldehydes is 1. The lowest BCUT2D eigenvalue weighted by molar-refractivity contribution is 0.112. The minimum atomic E-state index is -0.206. The average Bonchev–Trinajstić information content (AvgIpc) is 2.77. The summed E-state index contributed by atoms with van der Waals surface area (Å²) in [5, 5.41) is 4.47. The Morgan fingerprint density at radius 2 is 1.90 bits per heavy atom. The summed E-state index contributed by atoms with van der Waals surface area (Å²) in [6.45, 7) is 8.37. The van der Waals surface area contributed by atoms with Gasteiger partial charge in [0.25, 0.3) is 0 Å². The molecule has 0 spiro atoms. The maximum atomic E-state index is 13.7. The monoisotopic (exact) mass is 274 g/mol. The number of hydrogen-bond acceptors (Lipinski definition) is 2. The molecule has 1 aromatic carbocycles. The van der Waals surface area contributed by atoms with Gasteiger partial charge in [-0.25, -0.2) is 4.39 Å². The van der Waals surface area contributed by atoms with E-state index in [-0.39, 0.29) is 5.82 Å². The van der Waals surface area contributed by atoms with Crippen LogP contribution in [0.4, 0.5) is 4.39 Å². The highest BCUT2D eigenvalue weighted by Gasteiger charge is 2.14. The van der Waals surface area contributed by atoms with Gasteiger partial charge in [0.05, 0.1) is 5.56 Å². The molecule has 1 aromatic heterocycles. The van der Waals surface area contributed by atoms with Crippen molar-refractivity contribution in [2.75, 3.05) is 0 Å². The Labute approximate surface area is 118 Å². The summed E-state index contributed by atoms with van der Waals surface area (Å²) < 4.78 is 15.5. The smallest absolute Gasteiger partial charge is 0.153 e. The number of aromatic nitrogens is 2. The maximum absolute atomic E-state index is 13.7. The maximum Gasteiger partial charge on any atom is 0.153 e. The number of benzene rings is 1. The Morgan fingerprint density at radius 1 is 1.30 bits per heavy atom. The molecule has 0 unspecified atom stereocenters. The van der Waals surface area contributed by atoms with Gasteiger partial charge in [0.2, 0.25) is 0 Å². The third-order valence-corrected chi connectivity index (χ3v) is 3.18. The minimum absolute atomic E-state index is 0.206. The van der Waals surface area contributed by atoms with E-state index >= 15 is 0 Å². The van der Waals surface area contributed by atoms with Gasteiger partial charge < -0.3 is 0 Å². The van der Waals surface area contributed by atoms with Gasteiger partial charge in [0, 0.05) is 18.3 Å². The first kappa shape index (κ1) is 14.4. The van der Waals surface area contributed by atoms with Crippen LogP contribution in [0.25, 0.3) is 11.3 Å². The zero-order valence-electron chi connectivity index (χ0n) is 12.3. The fourth-order valence-electron chi connectivity index (χ4n) is 2.30. The van der Waals surface area contributed by atoms with E-state index in [1.165, 1.54) is 0 Å². The molecule has 0 fully saturated rings. The normalized spacial score (nSPS) is 11.1. The van der Waals surface area contributed by atoms with Crippen molar-refractivity contribution in [2.24, 2.45) is 5.92 Å². The van der Waals surface area contributed by atoms with Gasteiger partial charge in [-0.1, -0.05) is 13.8 Å². The first-order valence-corrected chi connectivity index (χ1v) is 6.72. The molecule has 4 heteroatoms. The molecule has 0 aliphatic rings. The molecule has 0 saturated heterocycles. The number of carbonyl (C=O) groups is 1. The Bertz CT molecular complexity index is 621. The van der Waals surface area contributed by atoms with Gasteiger partial charge in [-0.15, -0.1) is 0 Å². The predicted octanol–water partition coefficient (Wildman–Crippen LogP) is 3.77. The van der Waals surface area contributed by atoms with Crippen LogP contribution in [-0.2, 0) is 6.54 Å². The third-order valence-electron chi connectivity index (χ3n) is 3.18. The molecule has 0 N–H and O–H groups in total. The van der Waals surface area contributed by atoms with E-state index in [1.807, 2.05) is 0 Å². The third kappa shape index (κ3) is 2.79. The van der Waals surface area contributed by atoms with Crippen molar-refractivity contribution in [1.29, 1.82) is 0 Å². The molecule has 0 aliphatic carbocycles. The molecule has 0 aliphatic heterocycles. The van der Waals surface area contributed by atoms with Crippen LogP contribution >= 0.6 is 0 Å². The first-order chi connectivity index (χ1) is 9.42. The van der Waals surface area contributed by atoms with Crippen molar-refractivity contribution in [2.45, 2.75) is 34.2 Å². The van der Waals surface area contributed by atoms with Gasteiger partial charge in [-0.3, -0.25) is 9.48 Å². The van der Waals surface area contributed by atoms with Gasteiger partial charge in [0.1, 0.15) is 11.5 Å². The molecule has 3 nitrogen and oxygen atoms in total. The average molecular weight is 274 g/mol. The Hall–Kier alpha value is -1.97. The van der Waals surface area contributed by atoms with Crippen molar-refractivity contribution in [1.82, 2.24) is 9.78 Å². The van der Waals surface area contributed by atoms with Crippen LogP contribution in [0.3, 0.4) is 0 Å². The van der Waals surface area contributed by atoms with Crippen molar-refractivity contribution >= 4 is 6.29 Å². The molecular formula is C16H19FN2O. The molecule has 2 aromatic rings. The van der Waals surface area contributed by atoms with Gasteiger partial charge in [-0.05, 0) is 43.0 Å². The summed E-state index contributed by atoms with van der Waals surface area (Å²) >= 11 is 0. The minimum Gasteiger partial charge on any atom is -0.298 e. The van der Waals surface area contributed by atoms with Gasteiger partial charge in [-0.2, -0.15) is 5.10 Å². The van der Waals surface area contributed by atoms with Crippen LogP contribution in [0.2, 0.25) is 0 Å². The molecule has 0 atom stereocenters. The van der Waals surface area contributed by atoms with Crippen LogP contribution in [0.1, 0.15) is 35.3 Å². The summed E-state index contributed by atoms with van der Waals surface area (Å²) in [5.41, 5.74) is 3.07. The van der Waals surface area contributed by atoms with E-state index in [1.54, 1.807) is 36.9 Å². The molecular weight excluding hydrogens is 255 g/mol. The molecule has 2 rings (SSSR count). The zero-order valence-corrected chi connectivity index (χ0v) is 12.3. The summed E-state index contributed by atoms with van der Waals surface area (Å²) in [4.78, 5) is 11.2. The van der Waals surface area contributed by atoms with E-state index < -0.39 is 0 Å². The molecule has 0 radical (unpaired) electrons. The molecule has 0 saturated carbocycles. The van der Waals surface area contributed by atoms with E-state index in [2.05, 4.69) is 18.9 Å². The van der Waals surface area contributed by atoms with Crippen molar-refractivity contribution in [3.63, 3.8) is 0 Å². The highest BCUT2D eigenvalue weighted by atomic mass is 19.1. The summed E-state index contributed by atoms with van der Waals surface area (Å²) in [5.74, 6) is 0.238. The molecule has 1 heterocycles. The number of hydrogen-bond donors (Lipinski definition) is 0. The Kier molecular flexibility index (Phi) is 4.02. The van der Waals surface area contributed by atoms with E-state index in [4.69, 9.17) is 0 Å². The summed E-state index contributed by atoms with van der Waals surface area (Å²) in [6.07, 6.45) is 2.55. The topological polar surface area (TPSA) is 34.9 Å². The second-order valence-corrected chi connectivity index (χ2v) is 5.59. The lowest BCUT2D eigenvalue weighted by Crippen LogP contribution is -2.04. The Morgan fingerprint density at radius 3 is 2.40 bits per heavy atom. The van der Waals surface area contributed by atoms with E-state index in [0.717, 1.165) is 18.4 Å². The van der Waals surface area contributed by atoms with Crippen LogP contribution in [0, 0.1) is 25.6 Å². The molecule has 0 amide bonds. The number of nitrogens with zero attached hydrogens (tertiary/aromatic N) is 2. The lowest BCUT2D eigenvalue weighted by Gasteiger charge is -2.06. The standard InChI is InChI=1S/C16H19FN2O/c1-10(2)7-19-8-14(9-20)16(18-19)13-5-11(3)15(17)12(4)6-13/h5-6,8-10H,7H2,1-4H3. The van der Waals surface area contributed by atoms with Crippen LogP contribution in [-0.4, -0.2) is 16.1 Å². The van der Waals surface area contributed by atoms with Crippen LogP contribution in [0.15, 0.2) is 18.3 Å². The highest BCUT2D eigenvalue weighted by molar-refractivity contribution is 5.85. The molecule has 20 heavy (non-hydrogen) atoms. The number of halogens is 1. The van der Waals surface area contributed by atoms with Crippen molar-refractivity contribution < 1.29 is 9.18 Å². The zero-order chi connectivity index (χ0) is 14.9. The number of rotatable bonds is 4. The fraction of sp³-hybridized carbons (Fsp3) is 0.375. The Balaban J connectivity index is 2.51. The SMILES string of the molecule is Cc1cc(-c2nn(CC(C)C)cc2C=O)cc(C)c1F.